The Balaban J connectivity index is 2.04. The summed E-state index contributed by atoms with van der Waals surface area (Å²) >= 11 is 0. The van der Waals surface area contributed by atoms with Gasteiger partial charge in [-0.3, -0.25) is 0 Å². The number of nitrogens with two attached hydrogens (primary N) is 1. The standard InChI is InChI=1S/C13H13N3O2/c1-17-10-4-2-9(3-5-10)16-8-15-13-11(12(16)14)6-7-18-13/h2-7H,8,14H2,1H3. The molecule has 0 unspecified atom stereocenters. The number of fused-ring (bicyclic) bond motifs is 1. The molecule has 0 aliphatic carbocycles. The van der Waals surface area contributed by atoms with Crippen molar-refractivity contribution in [3.05, 3.63) is 47.4 Å². The number of hydrogen-bond acceptors (Lipinski definition) is 5. The van der Waals surface area contributed by atoms with E-state index in [0.717, 1.165) is 16.7 Å². The number of methoxy groups -OCH3 is 1. The molecular weight excluding hydrogens is 230 g/mol. The second-order valence-electron chi connectivity index (χ2n) is 3.95. The van der Waals surface area contributed by atoms with Crippen molar-refractivity contribution < 1.29 is 9.15 Å². The van der Waals surface area contributed by atoms with Crippen LogP contribution >= 0.6 is 0 Å². The topological polar surface area (TPSA) is 64.0 Å². The molecule has 0 bridgehead atoms. The predicted octanol–water partition coefficient (Wildman–Crippen LogP) is 0.410. The molecule has 5 heteroatoms. The third-order valence-electron chi connectivity index (χ3n) is 2.95. The second-order valence-corrected chi connectivity index (χ2v) is 3.95. The minimum Gasteiger partial charge on any atom is -0.497 e. The van der Waals surface area contributed by atoms with Gasteiger partial charge >= 0.3 is 0 Å². The van der Waals surface area contributed by atoms with Crippen molar-refractivity contribution in [3.63, 3.8) is 0 Å². The molecule has 1 aliphatic rings. The first-order chi connectivity index (χ1) is 8.79. The molecule has 3 rings (SSSR count). The van der Waals surface area contributed by atoms with Gasteiger partial charge in [-0.2, -0.15) is 0 Å². The molecule has 2 aromatic rings. The Morgan fingerprint density at radius 1 is 1.28 bits per heavy atom. The molecule has 0 fully saturated rings. The molecule has 0 spiro atoms. The molecule has 18 heavy (non-hydrogen) atoms. The van der Waals surface area contributed by atoms with Gasteiger partial charge in [0, 0.05) is 5.69 Å². The van der Waals surface area contributed by atoms with E-state index in [0.29, 0.717) is 18.0 Å². The first kappa shape index (κ1) is 10.7. The predicted molar refractivity (Wildman–Crippen MR) is 67.4 cm³/mol. The highest BCUT2D eigenvalue weighted by molar-refractivity contribution is 5.66. The maximum atomic E-state index is 6.13. The highest BCUT2D eigenvalue weighted by atomic mass is 16.5. The number of benzene rings is 1. The van der Waals surface area contributed by atoms with Crippen LogP contribution < -0.4 is 26.1 Å². The highest BCUT2D eigenvalue weighted by Gasteiger charge is 2.14. The summed E-state index contributed by atoms with van der Waals surface area (Å²) in [6.45, 7) is 0.457. The average Bonchev–Trinajstić information content (AvgIpc) is 2.89. The van der Waals surface area contributed by atoms with Crippen LogP contribution in [-0.2, 0) is 0 Å². The largest absolute Gasteiger partial charge is 0.497 e. The molecule has 0 amide bonds. The summed E-state index contributed by atoms with van der Waals surface area (Å²) < 4.78 is 10.4. The van der Waals surface area contributed by atoms with Gasteiger partial charge in [0.15, 0.2) is 0 Å². The van der Waals surface area contributed by atoms with E-state index in [1.54, 1.807) is 13.4 Å². The number of hydrogen-bond donors (Lipinski definition) is 1. The summed E-state index contributed by atoms with van der Waals surface area (Å²) in [5.74, 6) is 1.47. The second kappa shape index (κ2) is 4.10. The van der Waals surface area contributed by atoms with E-state index >= 15 is 0 Å². The van der Waals surface area contributed by atoms with Gasteiger partial charge in [0.25, 0.3) is 0 Å². The Hall–Kier alpha value is -2.43. The fourth-order valence-corrected chi connectivity index (χ4v) is 1.96. The normalized spacial score (nSPS) is 14.1. The van der Waals surface area contributed by atoms with Crippen LogP contribution in [0.3, 0.4) is 0 Å². The molecule has 2 N–H and O–H groups in total. The quantitative estimate of drug-likeness (QED) is 0.829. The molecule has 0 atom stereocenters. The summed E-state index contributed by atoms with van der Waals surface area (Å²) in [7, 11) is 1.64. The van der Waals surface area contributed by atoms with Gasteiger partial charge < -0.3 is 19.8 Å². The van der Waals surface area contributed by atoms with Gasteiger partial charge in [-0.25, -0.2) is 4.99 Å². The van der Waals surface area contributed by atoms with Crippen molar-refractivity contribution in [2.75, 3.05) is 18.7 Å². The Morgan fingerprint density at radius 3 is 2.78 bits per heavy atom. The minimum atomic E-state index is 0.457. The molecule has 2 heterocycles. The zero-order valence-electron chi connectivity index (χ0n) is 9.96. The van der Waals surface area contributed by atoms with E-state index in [2.05, 4.69) is 4.99 Å². The lowest BCUT2D eigenvalue weighted by Gasteiger charge is -2.24. The fraction of sp³-hybridized carbons (Fsp3) is 0.154. The smallest absolute Gasteiger partial charge is 0.226 e. The number of anilines is 1. The van der Waals surface area contributed by atoms with Gasteiger partial charge in [-0.1, -0.05) is 0 Å². The van der Waals surface area contributed by atoms with Crippen LogP contribution in [-0.4, -0.2) is 13.8 Å². The van der Waals surface area contributed by atoms with E-state index in [1.165, 1.54) is 0 Å². The molecular formula is C13H13N3O2. The molecule has 0 radical (unpaired) electrons. The van der Waals surface area contributed by atoms with Crippen LogP contribution in [0.1, 0.15) is 0 Å². The molecule has 1 aromatic carbocycles. The van der Waals surface area contributed by atoms with E-state index in [9.17, 15) is 0 Å². The van der Waals surface area contributed by atoms with Crippen LogP contribution in [0.25, 0.3) is 5.82 Å². The van der Waals surface area contributed by atoms with Crippen molar-refractivity contribution in [3.8, 4) is 5.75 Å². The third kappa shape index (κ3) is 1.60. The number of nitrogens with zero attached hydrogens (tertiary/aromatic N) is 2. The van der Waals surface area contributed by atoms with Gasteiger partial charge in [-0.15, -0.1) is 0 Å². The van der Waals surface area contributed by atoms with Gasteiger partial charge in [0.1, 0.15) is 18.2 Å². The van der Waals surface area contributed by atoms with E-state index in [4.69, 9.17) is 14.9 Å². The fourth-order valence-electron chi connectivity index (χ4n) is 1.96. The first-order valence-corrected chi connectivity index (χ1v) is 5.59. The Kier molecular flexibility index (Phi) is 2.44. The molecule has 0 saturated heterocycles. The summed E-state index contributed by atoms with van der Waals surface area (Å²) in [6.07, 6.45) is 1.60. The maximum absolute atomic E-state index is 6.13. The van der Waals surface area contributed by atoms with Crippen molar-refractivity contribution in [1.82, 2.24) is 0 Å². The van der Waals surface area contributed by atoms with E-state index in [1.807, 2.05) is 35.2 Å². The molecule has 1 aliphatic heterocycles. The minimum absolute atomic E-state index is 0.457. The van der Waals surface area contributed by atoms with Crippen molar-refractivity contribution in [2.45, 2.75) is 0 Å². The van der Waals surface area contributed by atoms with Crippen LogP contribution in [0, 0.1) is 0 Å². The maximum Gasteiger partial charge on any atom is 0.226 e. The zero-order valence-corrected chi connectivity index (χ0v) is 9.96. The summed E-state index contributed by atoms with van der Waals surface area (Å²) in [5.41, 5.74) is 7.70. The number of furan rings is 1. The van der Waals surface area contributed by atoms with Gasteiger partial charge in [-0.05, 0) is 30.3 Å². The first-order valence-electron chi connectivity index (χ1n) is 5.59. The Labute approximate surface area is 104 Å². The van der Waals surface area contributed by atoms with Crippen molar-refractivity contribution >= 4 is 11.5 Å². The lowest BCUT2D eigenvalue weighted by atomic mass is 10.2. The SMILES string of the molecule is COc1ccc(N2CN=c3occc3=C2N)cc1. The monoisotopic (exact) mass is 243 g/mol. The van der Waals surface area contributed by atoms with E-state index < -0.39 is 0 Å². The number of ether oxygens (including phenoxy) is 1. The average molecular weight is 243 g/mol. The lowest BCUT2D eigenvalue weighted by Crippen LogP contribution is -2.42. The van der Waals surface area contributed by atoms with Gasteiger partial charge in [0.05, 0.1) is 18.6 Å². The van der Waals surface area contributed by atoms with Crippen LogP contribution in [0.5, 0.6) is 5.75 Å². The van der Waals surface area contributed by atoms with Crippen LogP contribution in [0.15, 0.2) is 46.0 Å². The third-order valence-corrected chi connectivity index (χ3v) is 2.95. The molecule has 0 saturated carbocycles. The molecule has 1 aromatic heterocycles. The Bertz CT molecular complexity index is 673. The Morgan fingerprint density at radius 2 is 2.06 bits per heavy atom. The highest BCUT2D eigenvalue weighted by Crippen LogP contribution is 2.21. The molecule has 5 nitrogen and oxygen atoms in total. The van der Waals surface area contributed by atoms with Crippen LogP contribution in [0.4, 0.5) is 5.69 Å². The lowest BCUT2D eigenvalue weighted by molar-refractivity contribution is 0.415. The van der Waals surface area contributed by atoms with Gasteiger partial charge in [0.2, 0.25) is 5.55 Å². The van der Waals surface area contributed by atoms with Crippen molar-refractivity contribution in [2.24, 2.45) is 10.7 Å². The summed E-state index contributed by atoms with van der Waals surface area (Å²) in [6, 6.07) is 9.52. The van der Waals surface area contributed by atoms with Crippen LogP contribution in [0.2, 0.25) is 0 Å². The van der Waals surface area contributed by atoms with E-state index in [-0.39, 0.29) is 0 Å². The number of rotatable bonds is 2. The zero-order chi connectivity index (χ0) is 12.5. The summed E-state index contributed by atoms with van der Waals surface area (Å²) in [5, 5.41) is 0.831. The van der Waals surface area contributed by atoms with Crippen molar-refractivity contribution in [1.29, 1.82) is 0 Å². The molecule has 92 valence electrons. The summed E-state index contributed by atoms with van der Waals surface area (Å²) in [4.78, 5) is 6.26.